The summed E-state index contributed by atoms with van der Waals surface area (Å²) >= 11 is 0. The third kappa shape index (κ3) is 5.42. The van der Waals surface area contributed by atoms with Crippen LogP contribution >= 0.6 is 0 Å². The van der Waals surface area contributed by atoms with Gasteiger partial charge in [-0.15, -0.1) is 0 Å². The number of likely N-dealkylation sites (tertiary alicyclic amines) is 1. The van der Waals surface area contributed by atoms with Crippen LogP contribution in [0, 0.1) is 0 Å². The normalized spacial score (nSPS) is 20.0. The monoisotopic (exact) mass is 442 g/mol. The average Bonchev–Trinajstić information content (AvgIpc) is 3.15. The summed E-state index contributed by atoms with van der Waals surface area (Å²) in [6.45, 7) is 6.32. The smallest absolute Gasteiger partial charge is 0.354 e. The van der Waals surface area contributed by atoms with Crippen molar-refractivity contribution < 1.29 is 22.7 Å². The van der Waals surface area contributed by atoms with Gasteiger partial charge in [0.15, 0.2) is 0 Å². The third-order valence-corrected chi connectivity index (χ3v) is 7.95. The Morgan fingerprint density at radius 1 is 1.20 bits per heavy atom. The van der Waals surface area contributed by atoms with E-state index in [9.17, 15) is 13.2 Å². The van der Waals surface area contributed by atoms with Gasteiger partial charge in [-0.2, -0.15) is 4.31 Å². The lowest BCUT2D eigenvalue weighted by atomic mass is 10.1. The van der Waals surface area contributed by atoms with Crippen molar-refractivity contribution in [2.45, 2.75) is 30.2 Å². The minimum atomic E-state index is -3.72. The molecule has 10 heteroatoms. The Kier molecular flexibility index (Phi) is 7.92. The van der Waals surface area contributed by atoms with Crippen LogP contribution in [0.4, 0.5) is 0 Å². The summed E-state index contributed by atoms with van der Waals surface area (Å²) < 4.78 is 40.5. The van der Waals surface area contributed by atoms with Crippen molar-refractivity contribution in [3.63, 3.8) is 0 Å². The highest BCUT2D eigenvalue weighted by molar-refractivity contribution is 7.89. The lowest BCUT2D eigenvalue weighted by Gasteiger charge is -2.37. The van der Waals surface area contributed by atoms with Crippen molar-refractivity contribution in [2.75, 3.05) is 66.6 Å². The van der Waals surface area contributed by atoms with Gasteiger partial charge in [-0.3, -0.25) is 4.90 Å². The topological polar surface area (TPSA) is 84.3 Å². The molecule has 0 unspecified atom stereocenters. The van der Waals surface area contributed by atoms with Gasteiger partial charge >= 0.3 is 5.97 Å². The lowest BCUT2D eigenvalue weighted by molar-refractivity contribution is 0.0363. The van der Waals surface area contributed by atoms with Crippen molar-refractivity contribution in [3.05, 3.63) is 18.0 Å². The number of aryl methyl sites for hydroxylation is 1. The quantitative estimate of drug-likeness (QED) is 0.546. The van der Waals surface area contributed by atoms with Crippen molar-refractivity contribution in [1.82, 2.24) is 18.7 Å². The van der Waals surface area contributed by atoms with Crippen LogP contribution in [-0.2, 0) is 26.5 Å². The largest absolute Gasteiger partial charge is 0.464 e. The van der Waals surface area contributed by atoms with Gasteiger partial charge in [0.2, 0.25) is 10.0 Å². The SMILES string of the molecule is COC(=O)c1cc(S(=O)(=O)N(CCCN2CCOCC2)C2CCN(C)CC2)cn1C. The van der Waals surface area contributed by atoms with Crippen LogP contribution in [-0.4, -0.2) is 106 Å². The molecule has 1 aromatic rings. The number of morpholine rings is 1. The van der Waals surface area contributed by atoms with E-state index in [1.54, 1.807) is 11.4 Å². The number of aromatic nitrogens is 1. The van der Waals surface area contributed by atoms with Gasteiger partial charge in [0.05, 0.1) is 20.3 Å². The standard InChI is InChI=1S/C20H34N4O5S/c1-21-9-5-17(6-10-21)24(8-4-7-23-11-13-29-14-12-23)30(26,27)18-15-19(20(25)28-3)22(2)16-18/h15-17H,4-14H2,1-3H3. The maximum atomic E-state index is 13.6. The summed E-state index contributed by atoms with van der Waals surface area (Å²) in [4.78, 5) is 16.7. The van der Waals surface area contributed by atoms with Gasteiger partial charge in [-0.25, -0.2) is 13.2 Å². The summed E-state index contributed by atoms with van der Waals surface area (Å²) in [6.07, 6.45) is 3.89. The van der Waals surface area contributed by atoms with Crippen molar-refractivity contribution in [3.8, 4) is 0 Å². The molecular weight excluding hydrogens is 408 g/mol. The first-order valence-electron chi connectivity index (χ1n) is 10.6. The highest BCUT2D eigenvalue weighted by Crippen LogP contribution is 2.26. The number of methoxy groups -OCH3 is 1. The maximum Gasteiger partial charge on any atom is 0.354 e. The molecule has 1 aromatic heterocycles. The molecule has 2 saturated heterocycles. The van der Waals surface area contributed by atoms with Crippen LogP contribution < -0.4 is 0 Å². The van der Waals surface area contributed by atoms with Gasteiger partial charge in [-0.05, 0) is 52.0 Å². The molecule has 0 spiro atoms. The average molecular weight is 443 g/mol. The van der Waals surface area contributed by atoms with Crippen LogP contribution in [0.2, 0.25) is 0 Å². The maximum absolute atomic E-state index is 13.6. The fourth-order valence-electron chi connectivity index (χ4n) is 4.18. The molecule has 0 saturated carbocycles. The van der Waals surface area contributed by atoms with Crippen LogP contribution in [0.15, 0.2) is 17.2 Å². The highest BCUT2D eigenvalue weighted by Gasteiger charge is 2.34. The molecule has 0 aromatic carbocycles. The van der Waals surface area contributed by atoms with E-state index in [0.717, 1.165) is 65.2 Å². The van der Waals surface area contributed by atoms with Crippen molar-refractivity contribution in [1.29, 1.82) is 0 Å². The Hall–Kier alpha value is -1.46. The zero-order valence-electron chi connectivity index (χ0n) is 18.2. The van der Waals surface area contributed by atoms with Crippen LogP contribution in [0.25, 0.3) is 0 Å². The fraction of sp³-hybridized carbons (Fsp3) is 0.750. The molecule has 3 heterocycles. The number of nitrogens with zero attached hydrogens (tertiary/aromatic N) is 4. The summed E-state index contributed by atoms with van der Waals surface area (Å²) in [5, 5.41) is 0. The van der Waals surface area contributed by atoms with E-state index < -0.39 is 16.0 Å². The fourth-order valence-corrected chi connectivity index (χ4v) is 5.97. The summed E-state index contributed by atoms with van der Waals surface area (Å²) in [5.41, 5.74) is 0.229. The van der Waals surface area contributed by atoms with Gasteiger partial charge in [-0.1, -0.05) is 0 Å². The third-order valence-electron chi connectivity index (χ3n) is 6.03. The van der Waals surface area contributed by atoms with Crippen molar-refractivity contribution in [2.24, 2.45) is 7.05 Å². The molecule has 0 aliphatic carbocycles. The molecule has 0 N–H and O–H groups in total. The first-order chi connectivity index (χ1) is 14.3. The van der Waals surface area contributed by atoms with Crippen molar-refractivity contribution >= 4 is 16.0 Å². The lowest BCUT2D eigenvalue weighted by Crippen LogP contribution is -2.47. The number of ether oxygens (including phenoxy) is 2. The second kappa shape index (κ2) is 10.2. The number of carbonyl (C=O) groups is 1. The Bertz CT molecular complexity index is 811. The molecule has 170 valence electrons. The number of hydrogen-bond acceptors (Lipinski definition) is 7. The van der Waals surface area contributed by atoms with Crippen LogP contribution in [0.1, 0.15) is 29.8 Å². The first-order valence-corrected chi connectivity index (χ1v) is 12.0. The number of hydrogen-bond donors (Lipinski definition) is 0. The van der Waals surface area contributed by atoms with Gasteiger partial charge < -0.3 is 18.9 Å². The minimum absolute atomic E-state index is 0.0299. The summed E-state index contributed by atoms with van der Waals surface area (Å²) in [6, 6.07) is 1.39. The Morgan fingerprint density at radius 3 is 2.50 bits per heavy atom. The Labute approximate surface area is 179 Å². The molecule has 0 radical (unpaired) electrons. The van der Waals surface area contributed by atoms with E-state index in [2.05, 4.69) is 16.8 Å². The molecule has 30 heavy (non-hydrogen) atoms. The Balaban J connectivity index is 1.78. The minimum Gasteiger partial charge on any atom is -0.464 e. The van der Waals surface area contributed by atoms with Gasteiger partial charge in [0, 0.05) is 38.9 Å². The number of carbonyl (C=O) groups excluding carboxylic acids is 1. The molecule has 2 fully saturated rings. The van der Waals surface area contributed by atoms with E-state index >= 15 is 0 Å². The molecule has 0 amide bonds. The molecular formula is C20H34N4O5S. The van der Waals surface area contributed by atoms with E-state index in [1.807, 2.05) is 0 Å². The predicted octanol–water partition coefficient (Wildman–Crippen LogP) is 0.619. The zero-order chi connectivity index (χ0) is 21.7. The summed E-state index contributed by atoms with van der Waals surface area (Å²) in [5.74, 6) is -0.544. The highest BCUT2D eigenvalue weighted by atomic mass is 32.2. The molecule has 0 atom stereocenters. The molecule has 3 rings (SSSR count). The number of piperidine rings is 1. The molecule has 9 nitrogen and oxygen atoms in total. The van der Waals surface area contributed by atoms with Gasteiger partial charge in [0.25, 0.3) is 0 Å². The first kappa shape index (κ1) is 23.2. The second-order valence-electron chi connectivity index (χ2n) is 8.12. The van der Waals surface area contributed by atoms with Crippen LogP contribution in [0.5, 0.6) is 0 Å². The van der Waals surface area contributed by atoms with E-state index in [1.165, 1.54) is 23.9 Å². The molecule has 2 aliphatic heterocycles. The van der Waals surface area contributed by atoms with E-state index in [0.29, 0.717) is 6.54 Å². The summed E-state index contributed by atoms with van der Waals surface area (Å²) in [7, 11) is 1.29. The number of sulfonamides is 1. The number of esters is 1. The predicted molar refractivity (Wildman–Crippen MR) is 113 cm³/mol. The molecule has 2 aliphatic rings. The molecule has 0 bridgehead atoms. The number of rotatable bonds is 8. The van der Waals surface area contributed by atoms with E-state index in [4.69, 9.17) is 9.47 Å². The Morgan fingerprint density at radius 2 is 1.87 bits per heavy atom. The zero-order valence-corrected chi connectivity index (χ0v) is 19.1. The van der Waals surface area contributed by atoms with Crippen LogP contribution in [0.3, 0.4) is 0 Å². The van der Waals surface area contributed by atoms with Gasteiger partial charge in [0.1, 0.15) is 10.6 Å². The van der Waals surface area contributed by atoms with E-state index in [-0.39, 0.29) is 16.6 Å². The second-order valence-corrected chi connectivity index (χ2v) is 10.0.